The molecule has 1 aromatic carbocycles. The zero-order valence-electron chi connectivity index (χ0n) is 8.40. The number of hydrogen-bond acceptors (Lipinski definition) is 5. The third-order valence-electron chi connectivity index (χ3n) is 2.06. The molecule has 84 valence electrons. The Balaban J connectivity index is 2.67. The Morgan fingerprint density at radius 2 is 2.25 bits per heavy atom. The van der Waals surface area contributed by atoms with Gasteiger partial charge in [-0.25, -0.2) is 0 Å². The van der Waals surface area contributed by atoms with Crippen molar-refractivity contribution in [3.63, 3.8) is 0 Å². The average Bonchev–Trinajstić information content (AvgIpc) is 2.67. The van der Waals surface area contributed by atoms with Crippen LogP contribution >= 0.6 is 15.9 Å². The minimum atomic E-state index is 0.0238. The lowest BCUT2D eigenvalue weighted by atomic mass is 10.1. The van der Waals surface area contributed by atoms with Crippen molar-refractivity contribution in [3.8, 4) is 22.8 Å². The van der Waals surface area contributed by atoms with Crippen LogP contribution in [0.2, 0.25) is 0 Å². The zero-order valence-corrected chi connectivity index (χ0v) is 9.98. The van der Waals surface area contributed by atoms with E-state index in [1.165, 1.54) is 13.2 Å². The molecule has 0 spiro atoms. The van der Waals surface area contributed by atoms with Gasteiger partial charge in [0.1, 0.15) is 0 Å². The Kier molecular flexibility index (Phi) is 2.74. The molecule has 0 aliphatic heterocycles. The van der Waals surface area contributed by atoms with Crippen molar-refractivity contribution < 1.29 is 14.4 Å². The fourth-order valence-electron chi connectivity index (χ4n) is 1.39. The van der Waals surface area contributed by atoms with Crippen LogP contribution in [-0.4, -0.2) is 17.4 Å². The number of rotatable bonds is 2. The molecule has 2 aromatic rings. The van der Waals surface area contributed by atoms with Crippen LogP contribution in [-0.2, 0) is 0 Å². The Labute approximate surface area is 99.9 Å². The lowest BCUT2D eigenvalue weighted by molar-refractivity contribution is 0.371. The number of phenols is 1. The molecule has 5 nitrogen and oxygen atoms in total. The van der Waals surface area contributed by atoms with Gasteiger partial charge < -0.3 is 20.1 Å². The predicted molar refractivity (Wildman–Crippen MR) is 62.3 cm³/mol. The van der Waals surface area contributed by atoms with Crippen LogP contribution < -0.4 is 10.5 Å². The summed E-state index contributed by atoms with van der Waals surface area (Å²) in [5.41, 5.74) is 6.05. The minimum absolute atomic E-state index is 0.0238. The third-order valence-corrected chi connectivity index (χ3v) is 2.73. The number of aromatic nitrogens is 1. The van der Waals surface area contributed by atoms with Crippen molar-refractivity contribution in [2.24, 2.45) is 0 Å². The fourth-order valence-corrected chi connectivity index (χ4v) is 1.90. The number of hydrogen-bond donors (Lipinski definition) is 2. The highest BCUT2D eigenvalue weighted by Gasteiger charge is 2.18. The smallest absolute Gasteiger partial charge is 0.174 e. The van der Waals surface area contributed by atoms with E-state index in [0.29, 0.717) is 17.1 Å². The number of benzene rings is 1. The van der Waals surface area contributed by atoms with Gasteiger partial charge in [-0.1, -0.05) is 5.16 Å². The largest absolute Gasteiger partial charge is 0.504 e. The van der Waals surface area contributed by atoms with E-state index in [4.69, 9.17) is 15.0 Å². The van der Waals surface area contributed by atoms with Crippen molar-refractivity contribution in [1.82, 2.24) is 5.16 Å². The van der Waals surface area contributed by atoms with Crippen molar-refractivity contribution in [2.75, 3.05) is 12.8 Å². The number of nitrogen functional groups attached to an aromatic ring is 1. The van der Waals surface area contributed by atoms with Gasteiger partial charge >= 0.3 is 0 Å². The summed E-state index contributed by atoms with van der Waals surface area (Å²) in [5, 5.41) is 13.2. The van der Waals surface area contributed by atoms with Gasteiger partial charge in [-0.15, -0.1) is 0 Å². The Morgan fingerprint density at radius 1 is 1.50 bits per heavy atom. The maximum atomic E-state index is 9.64. The molecule has 1 heterocycles. The van der Waals surface area contributed by atoms with Gasteiger partial charge in [-0.3, -0.25) is 0 Å². The summed E-state index contributed by atoms with van der Waals surface area (Å²) in [4.78, 5) is 0. The molecule has 0 aliphatic rings. The second-order valence-electron chi connectivity index (χ2n) is 3.09. The van der Waals surface area contributed by atoms with Gasteiger partial charge in [0.15, 0.2) is 23.1 Å². The van der Waals surface area contributed by atoms with Gasteiger partial charge in [0.05, 0.1) is 12.7 Å². The second-order valence-corrected chi connectivity index (χ2v) is 3.95. The van der Waals surface area contributed by atoms with Crippen LogP contribution in [0.1, 0.15) is 0 Å². The van der Waals surface area contributed by atoms with Crippen LogP contribution in [0.4, 0.5) is 5.82 Å². The van der Waals surface area contributed by atoms with Crippen LogP contribution in [0.25, 0.3) is 11.3 Å². The van der Waals surface area contributed by atoms with Gasteiger partial charge in [0, 0.05) is 10.5 Å². The van der Waals surface area contributed by atoms with Gasteiger partial charge in [0.2, 0.25) is 0 Å². The molecule has 0 radical (unpaired) electrons. The molecule has 0 atom stereocenters. The molecule has 0 saturated heterocycles. The van der Waals surface area contributed by atoms with Crippen molar-refractivity contribution in [3.05, 3.63) is 22.7 Å². The van der Waals surface area contributed by atoms with Gasteiger partial charge in [0.25, 0.3) is 0 Å². The summed E-state index contributed by atoms with van der Waals surface area (Å²) >= 11 is 3.35. The fraction of sp³-hybridized carbons (Fsp3) is 0.100. The second kappa shape index (κ2) is 4.05. The van der Waals surface area contributed by atoms with Gasteiger partial charge in [-0.2, -0.15) is 0 Å². The van der Waals surface area contributed by atoms with E-state index in [9.17, 15) is 5.11 Å². The first kappa shape index (κ1) is 10.8. The summed E-state index contributed by atoms with van der Waals surface area (Å²) in [6.45, 7) is 0. The van der Waals surface area contributed by atoms with E-state index in [-0.39, 0.29) is 11.6 Å². The lowest BCUT2D eigenvalue weighted by Gasteiger charge is -2.09. The summed E-state index contributed by atoms with van der Waals surface area (Å²) in [5.74, 6) is 1.03. The molecular weight excluding hydrogens is 276 g/mol. The highest BCUT2D eigenvalue weighted by Crippen LogP contribution is 2.42. The Hall–Kier alpha value is -1.69. The first-order valence-electron chi connectivity index (χ1n) is 4.41. The molecule has 1 aromatic heterocycles. The molecule has 0 unspecified atom stereocenters. The highest BCUT2D eigenvalue weighted by molar-refractivity contribution is 9.10. The van der Waals surface area contributed by atoms with Crippen molar-refractivity contribution in [1.29, 1.82) is 0 Å². The molecule has 0 bridgehead atoms. The summed E-state index contributed by atoms with van der Waals surface area (Å²) in [6, 6.07) is 4.76. The minimum Gasteiger partial charge on any atom is -0.504 e. The van der Waals surface area contributed by atoms with Gasteiger partial charge in [-0.05, 0) is 28.1 Å². The lowest BCUT2D eigenvalue weighted by Crippen LogP contribution is -1.89. The van der Waals surface area contributed by atoms with E-state index in [1.807, 2.05) is 0 Å². The van der Waals surface area contributed by atoms with E-state index in [2.05, 4.69) is 21.1 Å². The molecule has 2 rings (SSSR count). The molecule has 16 heavy (non-hydrogen) atoms. The molecule has 0 amide bonds. The summed E-state index contributed by atoms with van der Waals surface area (Å²) in [6.07, 6.45) is 0. The first-order chi connectivity index (χ1) is 7.63. The standard InChI is InChI=1S/C10H9BrN2O3/c1-15-10-6(14)3-2-5(11)9(10)7-4-8(12)13-16-7/h2-4,14H,1H3,(H2,12,13). The van der Waals surface area contributed by atoms with Crippen molar-refractivity contribution in [2.45, 2.75) is 0 Å². The van der Waals surface area contributed by atoms with Crippen LogP contribution in [0.5, 0.6) is 11.5 Å². The van der Waals surface area contributed by atoms with Crippen LogP contribution in [0, 0.1) is 0 Å². The molecule has 0 fully saturated rings. The SMILES string of the molecule is COc1c(O)ccc(Br)c1-c1cc(N)no1. The molecule has 0 aliphatic carbocycles. The number of nitrogens with zero attached hydrogens (tertiary/aromatic N) is 1. The summed E-state index contributed by atoms with van der Waals surface area (Å²) < 4.78 is 10.9. The first-order valence-corrected chi connectivity index (χ1v) is 5.20. The highest BCUT2D eigenvalue weighted by atomic mass is 79.9. The number of methoxy groups -OCH3 is 1. The monoisotopic (exact) mass is 284 g/mol. The number of halogens is 1. The van der Waals surface area contributed by atoms with E-state index in [1.54, 1.807) is 12.1 Å². The number of phenolic OH excluding ortho intramolecular Hbond substituents is 1. The number of aromatic hydroxyl groups is 1. The predicted octanol–water partition coefficient (Wildman–Crippen LogP) is 2.40. The topological polar surface area (TPSA) is 81.5 Å². The number of nitrogens with two attached hydrogens (primary N) is 1. The molecule has 0 saturated carbocycles. The number of anilines is 1. The molecule has 3 N–H and O–H groups in total. The third kappa shape index (κ3) is 1.71. The van der Waals surface area contributed by atoms with E-state index >= 15 is 0 Å². The normalized spacial score (nSPS) is 10.4. The van der Waals surface area contributed by atoms with Crippen LogP contribution in [0.15, 0.2) is 27.2 Å². The van der Waals surface area contributed by atoms with E-state index < -0.39 is 0 Å². The average molecular weight is 285 g/mol. The van der Waals surface area contributed by atoms with E-state index in [0.717, 1.165) is 4.47 Å². The molecule has 6 heteroatoms. The Bertz CT molecular complexity index is 525. The van der Waals surface area contributed by atoms with Crippen LogP contribution in [0.3, 0.4) is 0 Å². The molecular formula is C10H9BrN2O3. The maximum Gasteiger partial charge on any atom is 0.174 e. The number of ether oxygens (including phenoxy) is 1. The summed E-state index contributed by atoms with van der Waals surface area (Å²) in [7, 11) is 1.46. The Morgan fingerprint density at radius 3 is 2.81 bits per heavy atom. The quantitative estimate of drug-likeness (QED) is 0.885. The zero-order chi connectivity index (χ0) is 11.7. The maximum absolute atomic E-state index is 9.64. The van der Waals surface area contributed by atoms with Crippen molar-refractivity contribution >= 4 is 21.7 Å².